The molecular weight excluding hydrogens is 331 g/mol. The average Bonchev–Trinajstić information content (AvgIpc) is 3.10. The van der Waals surface area contributed by atoms with E-state index in [1.165, 1.54) is 5.56 Å². The van der Waals surface area contributed by atoms with E-state index in [4.69, 9.17) is 27.9 Å². The van der Waals surface area contributed by atoms with E-state index in [2.05, 4.69) is 22.0 Å². The van der Waals surface area contributed by atoms with Gasteiger partial charge >= 0.3 is 0 Å². The first-order valence-electron chi connectivity index (χ1n) is 7.51. The van der Waals surface area contributed by atoms with Crippen LogP contribution in [0.1, 0.15) is 17.2 Å². The summed E-state index contributed by atoms with van der Waals surface area (Å²) >= 11 is 12.7. The quantitative estimate of drug-likeness (QED) is 0.786. The van der Waals surface area contributed by atoms with Crippen molar-refractivity contribution in [3.05, 3.63) is 63.6 Å². The molecule has 23 heavy (non-hydrogen) atoms. The lowest BCUT2D eigenvalue weighted by molar-refractivity contribution is 0.348. The first kappa shape index (κ1) is 16.2. The average molecular weight is 349 g/mol. The summed E-state index contributed by atoms with van der Waals surface area (Å²) in [4.78, 5) is 6.56. The maximum atomic E-state index is 6.46. The standard InChI is InChI=1S/C18H18Cl2N2O/c1-23-14-5-2-4-13(10-14)11-17(22-9-8-21-12-22)15-6-3-7-16(19)18(15)20/h2-7,10,12,17H,8-9,11H2,1H3. The van der Waals surface area contributed by atoms with Gasteiger partial charge in [0.15, 0.2) is 0 Å². The number of aliphatic imine (C=N–C) groups is 1. The molecule has 1 aliphatic rings. The molecule has 1 heterocycles. The number of rotatable bonds is 5. The van der Waals surface area contributed by atoms with E-state index in [9.17, 15) is 0 Å². The highest BCUT2D eigenvalue weighted by molar-refractivity contribution is 6.42. The van der Waals surface area contributed by atoms with E-state index in [0.29, 0.717) is 10.0 Å². The van der Waals surface area contributed by atoms with Crippen molar-refractivity contribution in [1.29, 1.82) is 0 Å². The van der Waals surface area contributed by atoms with Crippen LogP contribution in [-0.2, 0) is 6.42 Å². The van der Waals surface area contributed by atoms with Gasteiger partial charge in [0.05, 0.1) is 36.1 Å². The van der Waals surface area contributed by atoms with Crippen LogP contribution in [-0.4, -0.2) is 31.4 Å². The zero-order valence-corrected chi connectivity index (χ0v) is 14.4. The first-order chi connectivity index (χ1) is 11.2. The lowest BCUT2D eigenvalue weighted by Gasteiger charge is -2.28. The molecular formula is C18H18Cl2N2O. The predicted molar refractivity (Wildman–Crippen MR) is 96.0 cm³/mol. The largest absolute Gasteiger partial charge is 0.497 e. The third kappa shape index (κ3) is 3.62. The SMILES string of the molecule is COc1cccc(CC(c2cccc(Cl)c2Cl)N2C=NCC2)c1. The molecule has 1 atom stereocenters. The summed E-state index contributed by atoms with van der Waals surface area (Å²) in [6.45, 7) is 1.70. The molecule has 3 rings (SSSR count). The Balaban J connectivity index is 1.95. The minimum atomic E-state index is 0.0968. The van der Waals surface area contributed by atoms with Gasteiger partial charge in [-0.3, -0.25) is 4.99 Å². The maximum absolute atomic E-state index is 6.46. The molecule has 0 N–H and O–H groups in total. The highest BCUT2D eigenvalue weighted by Gasteiger charge is 2.24. The van der Waals surface area contributed by atoms with Gasteiger partial charge in [0, 0.05) is 6.54 Å². The van der Waals surface area contributed by atoms with E-state index < -0.39 is 0 Å². The molecule has 0 saturated carbocycles. The van der Waals surface area contributed by atoms with Crippen LogP contribution in [0.4, 0.5) is 0 Å². The van der Waals surface area contributed by atoms with Crippen LogP contribution in [0.2, 0.25) is 10.0 Å². The van der Waals surface area contributed by atoms with Gasteiger partial charge in [-0.25, -0.2) is 0 Å². The number of ether oxygens (including phenoxy) is 1. The fourth-order valence-electron chi connectivity index (χ4n) is 2.84. The number of hydrogen-bond donors (Lipinski definition) is 0. The molecule has 0 bridgehead atoms. The normalized spacial score (nSPS) is 15.0. The van der Waals surface area contributed by atoms with E-state index >= 15 is 0 Å². The van der Waals surface area contributed by atoms with E-state index in [-0.39, 0.29) is 6.04 Å². The predicted octanol–water partition coefficient (Wildman–Crippen LogP) is 4.63. The monoisotopic (exact) mass is 348 g/mol. The summed E-state index contributed by atoms with van der Waals surface area (Å²) < 4.78 is 5.32. The summed E-state index contributed by atoms with van der Waals surface area (Å²) in [5, 5.41) is 1.19. The number of benzene rings is 2. The smallest absolute Gasteiger partial charge is 0.119 e. The van der Waals surface area contributed by atoms with Crippen molar-refractivity contribution < 1.29 is 4.74 Å². The Morgan fingerprint density at radius 2 is 2.04 bits per heavy atom. The fraction of sp³-hybridized carbons (Fsp3) is 0.278. The Labute approximate surface area is 146 Å². The Kier molecular flexibility index (Phi) is 5.09. The molecule has 5 heteroatoms. The molecule has 0 amide bonds. The van der Waals surface area contributed by atoms with Crippen molar-refractivity contribution >= 4 is 29.5 Å². The highest BCUT2D eigenvalue weighted by atomic mass is 35.5. The number of halogens is 2. The summed E-state index contributed by atoms with van der Waals surface area (Å²) in [7, 11) is 1.68. The molecule has 0 aromatic heterocycles. The van der Waals surface area contributed by atoms with Gasteiger partial charge in [-0.2, -0.15) is 0 Å². The summed E-state index contributed by atoms with van der Waals surface area (Å²) in [6, 6.07) is 14.0. The van der Waals surface area contributed by atoms with Gasteiger partial charge in [-0.1, -0.05) is 47.5 Å². The molecule has 1 aliphatic heterocycles. The molecule has 3 nitrogen and oxygen atoms in total. The zero-order chi connectivity index (χ0) is 16.2. The third-order valence-corrected chi connectivity index (χ3v) is 4.85. The third-order valence-electron chi connectivity index (χ3n) is 4.02. The van der Waals surface area contributed by atoms with E-state index in [0.717, 1.165) is 30.8 Å². The Morgan fingerprint density at radius 3 is 2.78 bits per heavy atom. The Bertz CT molecular complexity index is 718. The number of hydrogen-bond acceptors (Lipinski definition) is 3. The molecule has 0 radical (unpaired) electrons. The van der Waals surface area contributed by atoms with Crippen LogP contribution in [0, 0.1) is 0 Å². The van der Waals surface area contributed by atoms with Gasteiger partial charge in [-0.15, -0.1) is 0 Å². The second-order valence-electron chi connectivity index (χ2n) is 5.47. The molecule has 0 aliphatic carbocycles. The van der Waals surface area contributed by atoms with Crippen LogP contribution >= 0.6 is 23.2 Å². The summed E-state index contributed by atoms with van der Waals surface area (Å²) in [5.41, 5.74) is 2.21. The van der Waals surface area contributed by atoms with Crippen molar-refractivity contribution in [1.82, 2.24) is 4.90 Å². The van der Waals surface area contributed by atoms with Crippen LogP contribution in [0.15, 0.2) is 47.5 Å². The van der Waals surface area contributed by atoms with Crippen molar-refractivity contribution in [2.24, 2.45) is 4.99 Å². The van der Waals surface area contributed by atoms with Crippen molar-refractivity contribution in [3.8, 4) is 5.75 Å². The summed E-state index contributed by atoms with van der Waals surface area (Å²) in [6.07, 6.45) is 2.71. The minimum Gasteiger partial charge on any atom is -0.497 e. The molecule has 120 valence electrons. The van der Waals surface area contributed by atoms with Crippen molar-refractivity contribution in [2.75, 3.05) is 20.2 Å². The van der Waals surface area contributed by atoms with E-state index in [1.54, 1.807) is 7.11 Å². The number of nitrogens with zero attached hydrogens (tertiary/aromatic N) is 2. The van der Waals surface area contributed by atoms with Crippen LogP contribution in [0.5, 0.6) is 5.75 Å². The van der Waals surface area contributed by atoms with Crippen LogP contribution < -0.4 is 4.74 Å². The molecule has 0 fully saturated rings. The van der Waals surface area contributed by atoms with Gasteiger partial charge in [0.2, 0.25) is 0 Å². The van der Waals surface area contributed by atoms with Crippen molar-refractivity contribution in [3.63, 3.8) is 0 Å². The number of methoxy groups -OCH3 is 1. The maximum Gasteiger partial charge on any atom is 0.119 e. The molecule has 2 aromatic carbocycles. The Morgan fingerprint density at radius 1 is 1.22 bits per heavy atom. The lowest BCUT2D eigenvalue weighted by Crippen LogP contribution is -2.28. The van der Waals surface area contributed by atoms with Crippen LogP contribution in [0.3, 0.4) is 0 Å². The highest BCUT2D eigenvalue weighted by Crippen LogP contribution is 2.35. The minimum absolute atomic E-state index is 0.0968. The molecule has 0 spiro atoms. The summed E-state index contributed by atoms with van der Waals surface area (Å²) in [5.74, 6) is 0.855. The lowest BCUT2D eigenvalue weighted by atomic mass is 9.97. The second-order valence-corrected chi connectivity index (χ2v) is 6.26. The van der Waals surface area contributed by atoms with Gasteiger partial charge < -0.3 is 9.64 Å². The molecule has 2 aromatic rings. The second kappa shape index (κ2) is 7.24. The molecule has 1 unspecified atom stereocenters. The zero-order valence-electron chi connectivity index (χ0n) is 12.9. The van der Waals surface area contributed by atoms with Gasteiger partial charge in [0.25, 0.3) is 0 Å². The molecule has 0 saturated heterocycles. The Hall–Kier alpha value is -1.71. The van der Waals surface area contributed by atoms with Gasteiger partial charge in [-0.05, 0) is 35.7 Å². The first-order valence-corrected chi connectivity index (χ1v) is 8.27. The van der Waals surface area contributed by atoms with Gasteiger partial charge in [0.1, 0.15) is 5.75 Å². The fourth-order valence-corrected chi connectivity index (χ4v) is 3.27. The topological polar surface area (TPSA) is 24.8 Å². The van der Waals surface area contributed by atoms with E-state index in [1.807, 2.05) is 36.7 Å². The van der Waals surface area contributed by atoms with Crippen LogP contribution in [0.25, 0.3) is 0 Å². The van der Waals surface area contributed by atoms with Crippen molar-refractivity contribution in [2.45, 2.75) is 12.5 Å².